The minimum atomic E-state index is -4.65. The Labute approximate surface area is 248 Å². The summed E-state index contributed by atoms with van der Waals surface area (Å²) >= 11 is 5.97. The average Bonchev–Trinajstić information content (AvgIpc) is 3.18. The molecule has 3 atom stereocenters. The fraction of sp³-hybridized carbons (Fsp3) is 0.536. The molecule has 0 N–H and O–H groups in total. The normalized spacial score (nSPS) is 30.4. The molecule has 8 nitrogen and oxygen atoms in total. The number of hydrogen-bond donors (Lipinski definition) is 0. The van der Waals surface area contributed by atoms with Gasteiger partial charge in [-0.25, -0.2) is 26.7 Å². The largest absolute Gasteiger partial charge is 0.401 e. The SMILES string of the molecule is C[C@@]1(C(F)(F)F)CN(c2ccc([C@H]3C(F)(F)[C@]3(C)C(=O)N3CCC4(CC3)CS(=O)(=O)C4)cc2)c2cnc3cc(Cl)nn3c21. The molecule has 15 heteroatoms. The maximum Gasteiger partial charge on any atom is 0.401 e. The molecule has 0 radical (unpaired) electrons. The highest BCUT2D eigenvalue weighted by Crippen LogP contribution is 2.72. The zero-order valence-corrected chi connectivity index (χ0v) is 24.7. The summed E-state index contributed by atoms with van der Waals surface area (Å²) in [6.45, 7) is 2.27. The minimum absolute atomic E-state index is 0.00349. The van der Waals surface area contributed by atoms with Crippen molar-refractivity contribution in [2.45, 2.75) is 50.1 Å². The van der Waals surface area contributed by atoms with Crippen LogP contribution in [0.25, 0.3) is 5.65 Å². The molecule has 43 heavy (non-hydrogen) atoms. The van der Waals surface area contributed by atoms with E-state index in [1.165, 1.54) is 53.3 Å². The lowest BCUT2D eigenvalue weighted by molar-refractivity contribution is -0.181. The number of carbonyl (C=O) groups excluding carboxylic acids is 1. The summed E-state index contributed by atoms with van der Waals surface area (Å²) in [4.78, 5) is 20.5. The second-order valence-electron chi connectivity index (χ2n) is 12.8. The molecular formula is C28H27ClF5N5O3S. The first-order chi connectivity index (χ1) is 19.9. The van der Waals surface area contributed by atoms with Crippen LogP contribution in [0, 0.1) is 10.8 Å². The van der Waals surface area contributed by atoms with Crippen molar-refractivity contribution < 1.29 is 35.2 Å². The second-order valence-corrected chi connectivity index (χ2v) is 15.3. The lowest BCUT2D eigenvalue weighted by Crippen LogP contribution is -2.56. The summed E-state index contributed by atoms with van der Waals surface area (Å²) in [6.07, 6.45) is -2.42. The quantitative estimate of drug-likeness (QED) is 0.368. The molecule has 4 aliphatic rings. The van der Waals surface area contributed by atoms with E-state index in [2.05, 4.69) is 10.1 Å². The highest BCUT2D eigenvalue weighted by molar-refractivity contribution is 7.92. The summed E-state index contributed by atoms with van der Waals surface area (Å²) in [7, 11) is -3.05. The fourth-order valence-electron chi connectivity index (χ4n) is 7.42. The van der Waals surface area contributed by atoms with E-state index < -0.39 is 51.1 Å². The van der Waals surface area contributed by atoms with Crippen LogP contribution in [0.3, 0.4) is 0 Å². The molecule has 3 fully saturated rings. The van der Waals surface area contributed by atoms with Gasteiger partial charge in [-0.2, -0.15) is 18.3 Å². The zero-order chi connectivity index (χ0) is 31.0. The fourth-order valence-corrected chi connectivity index (χ4v) is 9.95. The summed E-state index contributed by atoms with van der Waals surface area (Å²) < 4.78 is 98.5. The van der Waals surface area contributed by atoms with Crippen LogP contribution in [-0.4, -0.2) is 77.1 Å². The average molecular weight is 644 g/mol. The number of nitrogens with zero attached hydrogens (tertiary/aromatic N) is 5. The second kappa shape index (κ2) is 8.58. The Morgan fingerprint density at radius 3 is 2.28 bits per heavy atom. The standard InChI is InChI=1S/C28H27ClF5N5O3S/c1-24(28(32,33)34)13-38(18-12-35-20-11-19(29)36-39(20)22(18)24)17-5-3-16(4-6-17)21-25(2,27(21,30)31)23(40)37-9-7-26(8-10-37)14-43(41,42)15-26/h3-6,11-12,21H,7-10,13-15H2,1-2H3/t21-,24-,25+/m1/s1. The Morgan fingerprint density at radius 1 is 1.07 bits per heavy atom. The van der Waals surface area contributed by atoms with Gasteiger partial charge in [0.05, 0.1) is 35.0 Å². The number of alkyl halides is 5. The molecule has 2 aromatic heterocycles. The lowest BCUT2D eigenvalue weighted by atomic mass is 9.81. The van der Waals surface area contributed by atoms with Crippen molar-refractivity contribution in [1.82, 2.24) is 19.5 Å². The maximum absolute atomic E-state index is 15.4. The van der Waals surface area contributed by atoms with Gasteiger partial charge in [-0.1, -0.05) is 23.7 Å². The molecule has 1 spiro atoms. The zero-order valence-electron chi connectivity index (χ0n) is 23.1. The first-order valence-electron chi connectivity index (χ1n) is 13.8. The van der Waals surface area contributed by atoms with E-state index in [0.717, 1.165) is 11.4 Å². The molecule has 0 bridgehead atoms. The van der Waals surface area contributed by atoms with Gasteiger partial charge >= 0.3 is 6.18 Å². The van der Waals surface area contributed by atoms with Crippen LogP contribution < -0.4 is 4.90 Å². The Hall–Kier alpha value is -3.00. The summed E-state index contributed by atoms with van der Waals surface area (Å²) in [5, 5.41) is 4.02. The van der Waals surface area contributed by atoms with Crippen LogP contribution in [0.5, 0.6) is 0 Å². The number of aromatic nitrogens is 3. The van der Waals surface area contributed by atoms with E-state index in [9.17, 15) is 26.4 Å². The minimum Gasteiger partial charge on any atom is -0.342 e. The van der Waals surface area contributed by atoms with Crippen LogP contribution in [0.4, 0.5) is 33.3 Å². The van der Waals surface area contributed by atoms with Crippen molar-refractivity contribution in [1.29, 1.82) is 0 Å². The van der Waals surface area contributed by atoms with E-state index >= 15 is 8.78 Å². The van der Waals surface area contributed by atoms with Gasteiger partial charge in [-0.15, -0.1) is 0 Å². The predicted octanol–water partition coefficient (Wildman–Crippen LogP) is 5.13. The highest BCUT2D eigenvalue weighted by atomic mass is 35.5. The first kappa shape index (κ1) is 28.8. The van der Waals surface area contributed by atoms with E-state index in [0.29, 0.717) is 18.5 Å². The summed E-state index contributed by atoms with van der Waals surface area (Å²) in [6, 6.07) is 7.17. The van der Waals surface area contributed by atoms with Crippen molar-refractivity contribution in [3.05, 3.63) is 52.9 Å². The number of fused-ring (bicyclic) bond motifs is 3. The van der Waals surface area contributed by atoms with Gasteiger partial charge in [0.2, 0.25) is 5.91 Å². The molecule has 230 valence electrons. The van der Waals surface area contributed by atoms with Gasteiger partial charge in [-0.05, 0) is 44.4 Å². The van der Waals surface area contributed by atoms with Gasteiger partial charge < -0.3 is 9.80 Å². The maximum atomic E-state index is 15.4. The van der Waals surface area contributed by atoms with E-state index in [1.54, 1.807) is 0 Å². The Balaban J connectivity index is 1.15. The number of sulfone groups is 1. The highest BCUT2D eigenvalue weighted by Gasteiger charge is 2.82. The molecule has 1 amide bonds. The number of benzene rings is 1. The Morgan fingerprint density at radius 2 is 1.70 bits per heavy atom. The van der Waals surface area contributed by atoms with E-state index in [1.807, 2.05) is 0 Å². The third-order valence-corrected chi connectivity index (χ3v) is 12.3. The summed E-state index contributed by atoms with van der Waals surface area (Å²) in [5.41, 5.74) is -3.93. The van der Waals surface area contributed by atoms with Gasteiger partial charge in [0.15, 0.2) is 20.6 Å². The number of rotatable bonds is 3. The van der Waals surface area contributed by atoms with Gasteiger partial charge in [0.25, 0.3) is 5.92 Å². The molecule has 3 aromatic rings. The first-order valence-corrected chi connectivity index (χ1v) is 16.0. The van der Waals surface area contributed by atoms with Crippen molar-refractivity contribution in [2.75, 3.05) is 36.0 Å². The van der Waals surface area contributed by atoms with Gasteiger partial charge in [-0.3, -0.25) is 4.79 Å². The molecule has 2 saturated heterocycles. The third kappa shape index (κ3) is 3.90. The van der Waals surface area contributed by atoms with Crippen LogP contribution >= 0.6 is 11.6 Å². The molecule has 1 saturated carbocycles. The number of anilines is 2. The Kier molecular flexibility index (Phi) is 5.74. The van der Waals surface area contributed by atoms with Crippen molar-refractivity contribution in [2.24, 2.45) is 10.8 Å². The van der Waals surface area contributed by atoms with Crippen LogP contribution in [0.1, 0.15) is 43.9 Å². The van der Waals surface area contributed by atoms with Gasteiger partial charge in [0.1, 0.15) is 10.8 Å². The predicted molar refractivity (Wildman–Crippen MR) is 148 cm³/mol. The van der Waals surface area contributed by atoms with Crippen LogP contribution in [0.2, 0.25) is 5.15 Å². The van der Waals surface area contributed by atoms with Crippen molar-refractivity contribution in [3.63, 3.8) is 0 Å². The number of amides is 1. The van der Waals surface area contributed by atoms with E-state index in [-0.39, 0.29) is 57.8 Å². The molecular weight excluding hydrogens is 617 g/mol. The number of likely N-dealkylation sites (tertiary alicyclic amines) is 1. The van der Waals surface area contributed by atoms with Gasteiger partial charge in [0, 0.05) is 36.8 Å². The van der Waals surface area contributed by atoms with Crippen LogP contribution in [0.15, 0.2) is 36.5 Å². The Bertz CT molecular complexity index is 1770. The molecule has 5 heterocycles. The molecule has 3 aliphatic heterocycles. The monoisotopic (exact) mass is 643 g/mol. The number of piperidine rings is 1. The topological polar surface area (TPSA) is 87.9 Å². The molecule has 1 aromatic carbocycles. The summed E-state index contributed by atoms with van der Waals surface area (Å²) in [5.74, 6) is -5.26. The third-order valence-electron chi connectivity index (χ3n) is 10.0. The number of halogens is 6. The molecule has 7 rings (SSSR count). The number of hydrogen-bond acceptors (Lipinski definition) is 6. The van der Waals surface area contributed by atoms with Crippen LogP contribution in [-0.2, 0) is 20.0 Å². The smallest absolute Gasteiger partial charge is 0.342 e. The van der Waals surface area contributed by atoms with Crippen molar-refractivity contribution >= 4 is 44.4 Å². The lowest BCUT2D eigenvalue weighted by Gasteiger charge is -2.47. The molecule has 0 unspecified atom stereocenters. The van der Waals surface area contributed by atoms with E-state index in [4.69, 9.17) is 11.6 Å². The number of carbonyl (C=O) groups is 1. The van der Waals surface area contributed by atoms with Crippen molar-refractivity contribution in [3.8, 4) is 0 Å². The molecule has 1 aliphatic carbocycles.